The Bertz CT molecular complexity index is 486. The molecule has 0 spiro atoms. The molecule has 0 bridgehead atoms. The van der Waals surface area contributed by atoms with Gasteiger partial charge in [0.1, 0.15) is 11.5 Å². The molecule has 2 heterocycles. The van der Waals surface area contributed by atoms with Crippen molar-refractivity contribution in [2.24, 2.45) is 0 Å². The molecular formula is C18H30N2O3. The predicted octanol–water partition coefficient (Wildman–Crippen LogP) is 3.63. The number of aliphatic hydroxyl groups excluding tert-OH is 1. The fourth-order valence-electron chi connectivity index (χ4n) is 3.17. The van der Waals surface area contributed by atoms with E-state index in [1.807, 2.05) is 24.0 Å². The summed E-state index contributed by atoms with van der Waals surface area (Å²) < 4.78 is 5.92. The third-order valence-corrected chi connectivity index (χ3v) is 4.54. The summed E-state index contributed by atoms with van der Waals surface area (Å²) in [6, 6.07) is 4.12. The average Bonchev–Trinajstić information content (AvgIpc) is 2.89. The summed E-state index contributed by atoms with van der Waals surface area (Å²) in [6.45, 7) is 5.00. The van der Waals surface area contributed by atoms with Crippen LogP contribution in [0.15, 0.2) is 16.5 Å². The Morgan fingerprint density at radius 1 is 1.43 bits per heavy atom. The van der Waals surface area contributed by atoms with Crippen LogP contribution in [0.2, 0.25) is 0 Å². The Labute approximate surface area is 139 Å². The van der Waals surface area contributed by atoms with Crippen molar-refractivity contribution in [3.8, 4) is 0 Å². The van der Waals surface area contributed by atoms with Crippen LogP contribution >= 0.6 is 0 Å². The van der Waals surface area contributed by atoms with Gasteiger partial charge in [0.05, 0.1) is 6.04 Å². The normalized spacial score (nSPS) is 20.1. The largest absolute Gasteiger partial charge is 0.464 e. The number of hydrogen-bond acceptors (Lipinski definition) is 3. The molecule has 2 unspecified atom stereocenters. The van der Waals surface area contributed by atoms with Crippen LogP contribution < -0.4 is 5.32 Å². The zero-order valence-corrected chi connectivity index (χ0v) is 14.4. The second-order valence-electron chi connectivity index (χ2n) is 6.43. The maximum absolute atomic E-state index is 12.7. The third kappa shape index (κ3) is 4.99. The van der Waals surface area contributed by atoms with Crippen molar-refractivity contribution in [3.05, 3.63) is 23.7 Å². The van der Waals surface area contributed by atoms with E-state index in [9.17, 15) is 4.79 Å². The van der Waals surface area contributed by atoms with Crippen molar-refractivity contribution in [1.29, 1.82) is 0 Å². The van der Waals surface area contributed by atoms with Gasteiger partial charge in [-0.15, -0.1) is 0 Å². The van der Waals surface area contributed by atoms with Gasteiger partial charge in [-0.1, -0.05) is 19.8 Å². The first kappa shape index (κ1) is 17.9. The number of urea groups is 1. The first-order valence-corrected chi connectivity index (χ1v) is 8.92. The van der Waals surface area contributed by atoms with E-state index < -0.39 is 0 Å². The number of aryl methyl sites for hydroxylation is 1. The van der Waals surface area contributed by atoms with Gasteiger partial charge >= 0.3 is 6.03 Å². The molecule has 0 saturated carbocycles. The zero-order valence-electron chi connectivity index (χ0n) is 14.4. The number of rotatable bonds is 6. The molecule has 1 aliphatic heterocycles. The molecule has 23 heavy (non-hydrogen) atoms. The van der Waals surface area contributed by atoms with E-state index in [1.165, 1.54) is 0 Å². The highest BCUT2D eigenvalue weighted by Gasteiger charge is 2.29. The quantitative estimate of drug-likeness (QED) is 0.840. The van der Waals surface area contributed by atoms with Crippen molar-refractivity contribution in [2.75, 3.05) is 13.2 Å². The highest BCUT2D eigenvalue weighted by molar-refractivity contribution is 5.75. The van der Waals surface area contributed by atoms with Crippen LogP contribution in [-0.2, 0) is 6.42 Å². The van der Waals surface area contributed by atoms with Crippen LogP contribution in [0.25, 0.3) is 0 Å². The van der Waals surface area contributed by atoms with Crippen LogP contribution in [-0.4, -0.2) is 35.2 Å². The third-order valence-electron chi connectivity index (χ3n) is 4.54. The monoisotopic (exact) mass is 322 g/mol. The maximum atomic E-state index is 12.7. The number of hydrogen-bond donors (Lipinski definition) is 2. The Hall–Kier alpha value is -1.49. The minimum absolute atomic E-state index is 0.0169. The summed E-state index contributed by atoms with van der Waals surface area (Å²) in [5.74, 6) is 1.88. The molecule has 2 amide bonds. The van der Waals surface area contributed by atoms with Crippen LogP contribution in [0.4, 0.5) is 4.79 Å². The first-order valence-electron chi connectivity index (χ1n) is 8.92. The van der Waals surface area contributed by atoms with Gasteiger partial charge in [0.15, 0.2) is 0 Å². The second kappa shape index (κ2) is 8.96. The molecule has 1 aromatic heterocycles. The van der Waals surface area contributed by atoms with Gasteiger partial charge in [-0.25, -0.2) is 4.79 Å². The van der Waals surface area contributed by atoms with Crippen LogP contribution in [0.1, 0.15) is 69.9 Å². The van der Waals surface area contributed by atoms with E-state index >= 15 is 0 Å². The summed E-state index contributed by atoms with van der Waals surface area (Å²) in [4.78, 5) is 14.6. The van der Waals surface area contributed by atoms with E-state index in [1.54, 1.807) is 0 Å². The number of furan rings is 1. The van der Waals surface area contributed by atoms with Crippen LogP contribution in [0.5, 0.6) is 0 Å². The molecule has 0 aromatic carbocycles. The molecule has 5 heteroatoms. The fourth-order valence-corrected chi connectivity index (χ4v) is 3.17. The standard InChI is InChI=1S/C18H30N2O3/c1-3-15-10-11-17(23-15)16-9-5-4-6-12-20(16)18(22)19-14(2)8-7-13-21/h10-11,14,16,21H,3-9,12-13H2,1-2H3,(H,19,22). The number of likely N-dealkylation sites (tertiary alicyclic amines) is 1. The lowest BCUT2D eigenvalue weighted by molar-refractivity contribution is 0.161. The highest BCUT2D eigenvalue weighted by atomic mass is 16.3. The number of carbonyl (C=O) groups excluding carboxylic acids is 1. The minimum atomic E-state index is -0.0169. The highest BCUT2D eigenvalue weighted by Crippen LogP contribution is 2.31. The molecule has 2 rings (SSSR count). The smallest absolute Gasteiger partial charge is 0.318 e. The molecule has 1 aromatic rings. The van der Waals surface area contributed by atoms with Gasteiger partial charge in [0.2, 0.25) is 0 Å². The van der Waals surface area contributed by atoms with Gasteiger partial charge in [-0.05, 0) is 44.7 Å². The van der Waals surface area contributed by atoms with Crippen molar-refractivity contribution >= 4 is 6.03 Å². The predicted molar refractivity (Wildman–Crippen MR) is 90.3 cm³/mol. The molecule has 1 aliphatic rings. The van der Waals surface area contributed by atoms with E-state index in [-0.39, 0.29) is 24.7 Å². The van der Waals surface area contributed by atoms with Crippen LogP contribution in [0, 0.1) is 0 Å². The van der Waals surface area contributed by atoms with Crippen molar-refractivity contribution < 1.29 is 14.3 Å². The van der Waals surface area contributed by atoms with Gasteiger partial charge in [0.25, 0.3) is 0 Å². The molecule has 0 radical (unpaired) electrons. The topological polar surface area (TPSA) is 65.7 Å². The Balaban J connectivity index is 2.06. The second-order valence-corrected chi connectivity index (χ2v) is 6.43. The van der Waals surface area contributed by atoms with E-state index in [2.05, 4.69) is 12.2 Å². The lowest BCUT2D eigenvalue weighted by Gasteiger charge is -2.30. The van der Waals surface area contributed by atoms with Crippen molar-refractivity contribution in [2.45, 2.75) is 70.9 Å². The fraction of sp³-hybridized carbons (Fsp3) is 0.722. The van der Waals surface area contributed by atoms with E-state index in [4.69, 9.17) is 9.52 Å². The molecule has 5 nitrogen and oxygen atoms in total. The molecular weight excluding hydrogens is 292 g/mol. The van der Waals surface area contributed by atoms with Crippen molar-refractivity contribution in [3.63, 3.8) is 0 Å². The van der Waals surface area contributed by atoms with E-state index in [0.717, 1.165) is 56.6 Å². The van der Waals surface area contributed by atoms with Gasteiger partial charge < -0.3 is 19.7 Å². The Kier molecular flexibility index (Phi) is 6.96. The minimum Gasteiger partial charge on any atom is -0.464 e. The van der Waals surface area contributed by atoms with Crippen molar-refractivity contribution in [1.82, 2.24) is 10.2 Å². The maximum Gasteiger partial charge on any atom is 0.318 e. The molecule has 2 atom stereocenters. The SMILES string of the molecule is CCc1ccc(C2CCCCCN2C(=O)NC(C)CCCO)o1. The first-order chi connectivity index (χ1) is 11.2. The molecule has 1 saturated heterocycles. The average molecular weight is 322 g/mol. The number of carbonyl (C=O) groups is 1. The van der Waals surface area contributed by atoms with Gasteiger partial charge in [-0.3, -0.25) is 0 Å². The summed E-state index contributed by atoms with van der Waals surface area (Å²) >= 11 is 0. The summed E-state index contributed by atoms with van der Waals surface area (Å²) in [5, 5.41) is 12.0. The zero-order chi connectivity index (χ0) is 16.7. The molecule has 0 aliphatic carbocycles. The number of amides is 2. The lowest BCUT2D eigenvalue weighted by atomic mass is 10.1. The Morgan fingerprint density at radius 3 is 2.96 bits per heavy atom. The lowest BCUT2D eigenvalue weighted by Crippen LogP contribution is -2.45. The van der Waals surface area contributed by atoms with E-state index in [0.29, 0.717) is 6.42 Å². The summed E-state index contributed by atoms with van der Waals surface area (Å²) in [7, 11) is 0. The Morgan fingerprint density at radius 2 is 2.26 bits per heavy atom. The molecule has 130 valence electrons. The summed E-state index contributed by atoms with van der Waals surface area (Å²) in [5.41, 5.74) is 0. The van der Waals surface area contributed by atoms with Crippen LogP contribution in [0.3, 0.4) is 0 Å². The number of aliphatic hydroxyl groups is 1. The number of nitrogens with zero attached hydrogens (tertiary/aromatic N) is 1. The molecule has 1 fully saturated rings. The van der Waals surface area contributed by atoms with Gasteiger partial charge in [0, 0.05) is 25.6 Å². The summed E-state index contributed by atoms with van der Waals surface area (Å²) in [6.07, 6.45) is 6.64. The van der Waals surface area contributed by atoms with Gasteiger partial charge in [-0.2, -0.15) is 0 Å². The molecule has 2 N–H and O–H groups in total. The number of nitrogens with one attached hydrogen (secondary N) is 1.